The number of rotatable bonds is 4. The zero-order valence-corrected chi connectivity index (χ0v) is 15.7. The molecule has 6 heteroatoms. The SMILES string of the molecule is Cc1cccc(-n2cnc3cc(C(=O)NCC4CN(C)CCO4)ccc32)c1. The van der Waals surface area contributed by atoms with Gasteiger partial charge in [0.2, 0.25) is 0 Å². The van der Waals surface area contributed by atoms with Crippen molar-refractivity contribution in [3.63, 3.8) is 0 Å². The van der Waals surface area contributed by atoms with Crippen molar-refractivity contribution in [2.75, 3.05) is 33.3 Å². The number of hydrogen-bond acceptors (Lipinski definition) is 4. The van der Waals surface area contributed by atoms with Crippen LogP contribution in [0.5, 0.6) is 0 Å². The molecule has 140 valence electrons. The first-order valence-electron chi connectivity index (χ1n) is 9.22. The molecule has 1 saturated heterocycles. The van der Waals surface area contributed by atoms with Crippen molar-refractivity contribution < 1.29 is 9.53 Å². The van der Waals surface area contributed by atoms with Crippen molar-refractivity contribution in [3.8, 4) is 5.69 Å². The zero-order chi connectivity index (χ0) is 18.8. The number of fused-ring (bicyclic) bond motifs is 1. The van der Waals surface area contributed by atoms with Gasteiger partial charge in [0, 0.05) is 30.9 Å². The maximum atomic E-state index is 12.5. The summed E-state index contributed by atoms with van der Waals surface area (Å²) in [6.07, 6.45) is 1.84. The zero-order valence-electron chi connectivity index (χ0n) is 15.7. The number of morpholine rings is 1. The predicted octanol–water partition coefficient (Wildman–Crippen LogP) is 2.39. The van der Waals surface area contributed by atoms with Gasteiger partial charge in [-0.3, -0.25) is 9.36 Å². The fourth-order valence-corrected chi connectivity index (χ4v) is 3.44. The molecule has 0 saturated carbocycles. The van der Waals surface area contributed by atoms with E-state index in [0.29, 0.717) is 18.7 Å². The van der Waals surface area contributed by atoms with E-state index in [-0.39, 0.29) is 12.0 Å². The van der Waals surface area contributed by atoms with Gasteiger partial charge in [0.05, 0.1) is 23.7 Å². The molecular weight excluding hydrogens is 340 g/mol. The summed E-state index contributed by atoms with van der Waals surface area (Å²) in [5.41, 5.74) is 4.66. The number of nitrogens with zero attached hydrogens (tertiary/aromatic N) is 3. The van der Waals surface area contributed by atoms with E-state index in [2.05, 4.69) is 47.4 Å². The Labute approximate surface area is 158 Å². The van der Waals surface area contributed by atoms with Crippen LogP contribution in [0.2, 0.25) is 0 Å². The van der Waals surface area contributed by atoms with E-state index >= 15 is 0 Å². The van der Waals surface area contributed by atoms with Crippen LogP contribution < -0.4 is 5.32 Å². The highest BCUT2D eigenvalue weighted by Crippen LogP contribution is 2.20. The van der Waals surface area contributed by atoms with E-state index in [1.807, 2.05) is 28.8 Å². The van der Waals surface area contributed by atoms with Crippen LogP contribution >= 0.6 is 0 Å². The quantitative estimate of drug-likeness (QED) is 0.772. The lowest BCUT2D eigenvalue weighted by atomic mass is 10.1. The number of aromatic nitrogens is 2. The van der Waals surface area contributed by atoms with Crippen LogP contribution in [0.4, 0.5) is 0 Å². The third kappa shape index (κ3) is 3.86. The number of nitrogens with one attached hydrogen (secondary N) is 1. The summed E-state index contributed by atoms with van der Waals surface area (Å²) in [6.45, 7) is 5.06. The summed E-state index contributed by atoms with van der Waals surface area (Å²) in [5.74, 6) is -0.0983. The predicted molar refractivity (Wildman–Crippen MR) is 105 cm³/mol. The minimum atomic E-state index is -0.0983. The molecule has 1 aliphatic heterocycles. The molecule has 1 unspecified atom stereocenters. The van der Waals surface area contributed by atoms with E-state index < -0.39 is 0 Å². The topological polar surface area (TPSA) is 59.4 Å². The Kier molecular flexibility index (Phi) is 4.92. The van der Waals surface area contributed by atoms with Gasteiger partial charge in [-0.2, -0.15) is 0 Å². The van der Waals surface area contributed by atoms with Gasteiger partial charge >= 0.3 is 0 Å². The number of imidazole rings is 1. The third-order valence-electron chi connectivity index (χ3n) is 4.92. The molecule has 1 fully saturated rings. The Bertz CT molecular complexity index is 966. The van der Waals surface area contributed by atoms with Gasteiger partial charge in [0.15, 0.2) is 0 Å². The maximum Gasteiger partial charge on any atom is 0.251 e. The molecule has 1 N–H and O–H groups in total. The van der Waals surface area contributed by atoms with Crippen molar-refractivity contribution in [3.05, 3.63) is 59.9 Å². The molecule has 3 aromatic rings. The smallest absolute Gasteiger partial charge is 0.251 e. The molecule has 1 atom stereocenters. The van der Waals surface area contributed by atoms with Crippen molar-refractivity contribution in [2.45, 2.75) is 13.0 Å². The molecule has 1 aliphatic rings. The molecule has 4 rings (SSSR count). The van der Waals surface area contributed by atoms with Gasteiger partial charge in [0.25, 0.3) is 5.91 Å². The van der Waals surface area contributed by atoms with Crippen LogP contribution in [0.1, 0.15) is 15.9 Å². The largest absolute Gasteiger partial charge is 0.374 e. The molecule has 0 bridgehead atoms. The van der Waals surface area contributed by atoms with Gasteiger partial charge < -0.3 is 15.0 Å². The summed E-state index contributed by atoms with van der Waals surface area (Å²) in [7, 11) is 2.07. The number of hydrogen-bond donors (Lipinski definition) is 1. The lowest BCUT2D eigenvalue weighted by Crippen LogP contribution is -2.45. The van der Waals surface area contributed by atoms with E-state index in [0.717, 1.165) is 29.8 Å². The molecule has 6 nitrogen and oxygen atoms in total. The highest BCUT2D eigenvalue weighted by molar-refractivity contribution is 5.97. The number of likely N-dealkylation sites (N-methyl/N-ethyl adjacent to an activating group) is 1. The summed E-state index contributed by atoms with van der Waals surface area (Å²) >= 11 is 0. The lowest BCUT2D eigenvalue weighted by molar-refractivity contribution is -0.0175. The van der Waals surface area contributed by atoms with Crippen molar-refractivity contribution in [1.29, 1.82) is 0 Å². The Morgan fingerprint density at radius 2 is 2.19 bits per heavy atom. The standard InChI is InChI=1S/C21H24N4O2/c1-15-4-3-5-17(10-15)25-14-23-19-11-16(6-7-20(19)25)21(26)22-12-18-13-24(2)8-9-27-18/h3-7,10-11,14,18H,8-9,12-13H2,1-2H3,(H,22,26). The van der Waals surface area contributed by atoms with Gasteiger partial charge in [-0.15, -0.1) is 0 Å². The number of benzene rings is 2. The second-order valence-corrected chi connectivity index (χ2v) is 7.12. The van der Waals surface area contributed by atoms with Gasteiger partial charge in [0.1, 0.15) is 6.33 Å². The fourth-order valence-electron chi connectivity index (χ4n) is 3.44. The van der Waals surface area contributed by atoms with Crippen molar-refractivity contribution in [2.24, 2.45) is 0 Å². The minimum absolute atomic E-state index is 0.0389. The van der Waals surface area contributed by atoms with Crippen LogP contribution in [0.25, 0.3) is 16.7 Å². The van der Waals surface area contributed by atoms with Crippen LogP contribution in [0.15, 0.2) is 48.8 Å². The van der Waals surface area contributed by atoms with Crippen molar-refractivity contribution in [1.82, 2.24) is 19.8 Å². The van der Waals surface area contributed by atoms with E-state index in [1.54, 1.807) is 6.33 Å². The molecular formula is C21H24N4O2. The minimum Gasteiger partial charge on any atom is -0.374 e. The lowest BCUT2D eigenvalue weighted by Gasteiger charge is -2.30. The molecule has 0 radical (unpaired) electrons. The molecule has 1 amide bonds. The van der Waals surface area contributed by atoms with Gasteiger partial charge in [-0.25, -0.2) is 4.98 Å². The summed E-state index contributed by atoms with van der Waals surface area (Å²) in [6, 6.07) is 13.9. The first kappa shape index (κ1) is 17.7. The van der Waals surface area contributed by atoms with Gasteiger partial charge in [-0.1, -0.05) is 12.1 Å². The summed E-state index contributed by atoms with van der Waals surface area (Å²) in [4.78, 5) is 19.2. The van der Waals surface area contributed by atoms with Crippen molar-refractivity contribution >= 4 is 16.9 Å². The monoisotopic (exact) mass is 364 g/mol. The first-order valence-corrected chi connectivity index (χ1v) is 9.22. The Hall–Kier alpha value is -2.70. The Balaban J connectivity index is 1.49. The van der Waals surface area contributed by atoms with Crippen LogP contribution in [-0.4, -0.2) is 59.8 Å². The second-order valence-electron chi connectivity index (χ2n) is 7.12. The summed E-state index contributed by atoms with van der Waals surface area (Å²) < 4.78 is 7.73. The van der Waals surface area contributed by atoms with Crippen LogP contribution in [0, 0.1) is 6.92 Å². The molecule has 2 aromatic carbocycles. The van der Waals surface area contributed by atoms with Gasteiger partial charge in [-0.05, 0) is 49.9 Å². The van der Waals surface area contributed by atoms with Crippen LogP contribution in [-0.2, 0) is 4.74 Å². The number of aryl methyl sites for hydroxylation is 1. The average Bonchev–Trinajstić information content (AvgIpc) is 3.09. The Morgan fingerprint density at radius 1 is 1.30 bits per heavy atom. The summed E-state index contributed by atoms with van der Waals surface area (Å²) in [5, 5.41) is 2.97. The number of carbonyl (C=O) groups is 1. The number of carbonyl (C=O) groups excluding carboxylic acids is 1. The van der Waals surface area contributed by atoms with Crippen LogP contribution in [0.3, 0.4) is 0 Å². The average molecular weight is 364 g/mol. The maximum absolute atomic E-state index is 12.5. The first-order chi connectivity index (χ1) is 13.1. The Morgan fingerprint density at radius 3 is 3.00 bits per heavy atom. The third-order valence-corrected chi connectivity index (χ3v) is 4.92. The molecule has 0 aliphatic carbocycles. The number of amides is 1. The van der Waals surface area contributed by atoms with E-state index in [1.165, 1.54) is 5.56 Å². The molecule has 1 aromatic heterocycles. The highest BCUT2D eigenvalue weighted by atomic mass is 16.5. The molecule has 27 heavy (non-hydrogen) atoms. The highest BCUT2D eigenvalue weighted by Gasteiger charge is 2.19. The normalized spacial score (nSPS) is 17.9. The second kappa shape index (κ2) is 7.50. The molecule has 2 heterocycles. The van der Waals surface area contributed by atoms with E-state index in [9.17, 15) is 4.79 Å². The number of ether oxygens (including phenoxy) is 1. The fraction of sp³-hybridized carbons (Fsp3) is 0.333. The molecule has 0 spiro atoms. The van der Waals surface area contributed by atoms with E-state index in [4.69, 9.17) is 4.74 Å².